The molecule has 0 unspecified atom stereocenters. The van der Waals surface area contributed by atoms with Crippen LogP contribution in [0.1, 0.15) is 52.2 Å². The summed E-state index contributed by atoms with van der Waals surface area (Å²) < 4.78 is 6.10. The molecular weight excluding hydrogens is 372 g/mol. The minimum Gasteiger partial charge on any atom is -0.367 e. The second-order valence-electron chi connectivity index (χ2n) is 7.81. The zero-order chi connectivity index (χ0) is 19.8. The zero-order valence-electron chi connectivity index (χ0n) is 16.5. The molecule has 2 amide bonds. The molecular formula is C22H26N2O3S. The summed E-state index contributed by atoms with van der Waals surface area (Å²) in [6.07, 6.45) is 1.70. The third kappa shape index (κ3) is 3.84. The van der Waals surface area contributed by atoms with Crippen molar-refractivity contribution in [3.63, 3.8) is 0 Å². The molecule has 148 valence electrons. The van der Waals surface area contributed by atoms with Crippen molar-refractivity contribution in [2.75, 3.05) is 18.4 Å². The number of thiophene rings is 1. The van der Waals surface area contributed by atoms with E-state index in [1.807, 2.05) is 56.0 Å². The number of aryl methyl sites for hydroxylation is 1. The minimum absolute atomic E-state index is 0.0240. The second-order valence-corrected chi connectivity index (χ2v) is 9.03. The Morgan fingerprint density at radius 3 is 2.54 bits per heavy atom. The number of nitrogens with one attached hydrogen (secondary N) is 1. The fourth-order valence-electron chi connectivity index (χ4n) is 3.66. The fourth-order valence-corrected chi connectivity index (χ4v) is 4.71. The molecule has 2 heterocycles. The first-order chi connectivity index (χ1) is 13.4. The molecule has 1 saturated carbocycles. The van der Waals surface area contributed by atoms with E-state index in [0.29, 0.717) is 23.7 Å². The van der Waals surface area contributed by atoms with Gasteiger partial charge < -0.3 is 15.0 Å². The van der Waals surface area contributed by atoms with E-state index < -0.39 is 0 Å². The number of carbonyl (C=O) groups excluding carboxylic acids is 2. The predicted octanol–water partition coefficient (Wildman–Crippen LogP) is 4.32. The first-order valence-corrected chi connectivity index (χ1v) is 10.7. The van der Waals surface area contributed by atoms with Crippen molar-refractivity contribution in [3.8, 4) is 0 Å². The van der Waals surface area contributed by atoms with E-state index in [9.17, 15) is 9.59 Å². The molecule has 2 atom stereocenters. The Labute approximate surface area is 169 Å². The first-order valence-electron chi connectivity index (χ1n) is 9.84. The number of carbonyl (C=O) groups is 2. The smallest absolute Gasteiger partial charge is 0.257 e. The van der Waals surface area contributed by atoms with Crippen molar-refractivity contribution in [1.82, 2.24) is 4.90 Å². The Kier molecular flexibility index (Phi) is 5.25. The van der Waals surface area contributed by atoms with Gasteiger partial charge in [-0.2, -0.15) is 0 Å². The van der Waals surface area contributed by atoms with Gasteiger partial charge in [-0.05, 0) is 44.7 Å². The standard InChI is InChI=1S/C22H26N2O3S/c1-13-11-24(12-18(27-13)16-7-5-4-6-8-16)22(26)19-14(2)15(3)28-21(19)23-20(25)17-9-10-17/h4-8,13,17-18H,9-12H2,1-3H3,(H,23,25)/t13-,18-/m1/s1. The molecule has 0 radical (unpaired) electrons. The van der Waals surface area contributed by atoms with Crippen molar-refractivity contribution < 1.29 is 14.3 Å². The Hall–Kier alpha value is -2.18. The van der Waals surface area contributed by atoms with Gasteiger partial charge >= 0.3 is 0 Å². The van der Waals surface area contributed by atoms with Crippen LogP contribution in [0, 0.1) is 19.8 Å². The van der Waals surface area contributed by atoms with Gasteiger partial charge in [0.15, 0.2) is 0 Å². The number of benzene rings is 1. The van der Waals surface area contributed by atoms with Crippen LogP contribution in [0.3, 0.4) is 0 Å². The molecule has 2 aromatic rings. The van der Waals surface area contributed by atoms with E-state index >= 15 is 0 Å². The number of nitrogens with zero attached hydrogens (tertiary/aromatic N) is 1. The lowest BCUT2D eigenvalue weighted by Gasteiger charge is -2.37. The average molecular weight is 399 g/mol. The van der Waals surface area contributed by atoms with Gasteiger partial charge in [0, 0.05) is 17.3 Å². The van der Waals surface area contributed by atoms with Crippen molar-refractivity contribution in [3.05, 3.63) is 51.9 Å². The molecule has 28 heavy (non-hydrogen) atoms. The van der Waals surface area contributed by atoms with Crippen LogP contribution in [0.25, 0.3) is 0 Å². The van der Waals surface area contributed by atoms with Gasteiger partial charge in [0.25, 0.3) is 5.91 Å². The summed E-state index contributed by atoms with van der Waals surface area (Å²) in [7, 11) is 0. The van der Waals surface area contributed by atoms with E-state index in [2.05, 4.69) is 5.32 Å². The van der Waals surface area contributed by atoms with E-state index in [4.69, 9.17) is 4.74 Å². The number of hydrogen-bond donors (Lipinski definition) is 1. The highest BCUT2D eigenvalue weighted by atomic mass is 32.1. The Morgan fingerprint density at radius 2 is 1.86 bits per heavy atom. The van der Waals surface area contributed by atoms with Gasteiger partial charge in [0.2, 0.25) is 5.91 Å². The molecule has 1 aromatic heterocycles. The van der Waals surface area contributed by atoms with Crippen LogP contribution >= 0.6 is 11.3 Å². The number of anilines is 1. The van der Waals surface area contributed by atoms with Crippen LogP contribution in [0.5, 0.6) is 0 Å². The van der Waals surface area contributed by atoms with E-state index in [1.165, 1.54) is 11.3 Å². The zero-order valence-corrected chi connectivity index (χ0v) is 17.3. The number of morpholine rings is 1. The Bertz CT molecular complexity index is 889. The molecule has 1 N–H and O–H groups in total. The average Bonchev–Trinajstić information content (AvgIpc) is 3.49. The van der Waals surface area contributed by atoms with Crippen molar-refractivity contribution >= 4 is 28.2 Å². The molecule has 1 saturated heterocycles. The molecule has 2 aliphatic rings. The number of hydrogen-bond acceptors (Lipinski definition) is 4. The van der Waals surface area contributed by atoms with Crippen molar-refractivity contribution in [2.24, 2.45) is 5.92 Å². The summed E-state index contributed by atoms with van der Waals surface area (Å²) in [6, 6.07) is 10.0. The topological polar surface area (TPSA) is 58.6 Å². The molecule has 5 nitrogen and oxygen atoms in total. The second kappa shape index (κ2) is 7.68. The summed E-state index contributed by atoms with van der Waals surface area (Å²) in [5.41, 5.74) is 2.67. The molecule has 6 heteroatoms. The van der Waals surface area contributed by atoms with E-state index in [1.54, 1.807) is 0 Å². The molecule has 0 spiro atoms. The highest BCUT2D eigenvalue weighted by molar-refractivity contribution is 7.16. The van der Waals surface area contributed by atoms with Crippen molar-refractivity contribution in [1.29, 1.82) is 0 Å². The maximum atomic E-state index is 13.5. The van der Waals surface area contributed by atoms with Gasteiger partial charge in [-0.25, -0.2) is 0 Å². The first kappa shape index (κ1) is 19.2. The van der Waals surface area contributed by atoms with Gasteiger partial charge in [-0.1, -0.05) is 30.3 Å². The molecule has 1 aliphatic carbocycles. The summed E-state index contributed by atoms with van der Waals surface area (Å²) in [6.45, 7) is 7.02. The van der Waals surface area contributed by atoms with Gasteiger partial charge in [0.1, 0.15) is 11.1 Å². The maximum absolute atomic E-state index is 13.5. The summed E-state index contributed by atoms with van der Waals surface area (Å²) in [4.78, 5) is 28.7. The molecule has 1 aliphatic heterocycles. The van der Waals surface area contributed by atoms with E-state index in [0.717, 1.165) is 28.8 Å². The number of ether oxygens (including phenoxy) is 1. The SMILES string of the molecule is Cc1sc(NC(=O)C2CC2)c(C(=O)N2C[C@@H](C)O[C@@H](c3ccccc3)C2)c1C. The summed E-state index contributed by atoms with van der Waals surface area (Å²) in [5.74, 6) is 0.119. The summed E-state index contributed by atoms with van der Waals surface area (Å²) >= 11 is 1.49. The van der Waals surface area contributed by atoms with E-state index in [-0.39, 0.29) is 29.9 Å². The lowest BCUT2D eigenvalue weighted by Crippen LogP contribution is -2.46. The van der Waals surface area contributed by atoms with Crippen LogP contribution in [0.2, 0.25) is 0 Å². The normalized spacial score (nSPS) is 22.2. The quantitative estimate of drug-likeness (QED) is 0.835. The summed E-state index contributed by atoms with van der Waals surface area (Å²) in [5, 5.41) is 3.70. The largest absolute Gasteiger partial charge is 0.367 e. The lowest BCUT2D eigenvalue weighted by molar-refractivity contribution is -0.117. The highest BCUT2D eigenvalue weighted by Gasteiger charge is 2.34. The minimum atomic E-state index is -0.140. The Balaban J connectivity index is 1.58. The predicted molar refractivity (Wildman–Crippen MR) is 111 cm³/mol. The monoisotopic (exact) mass is 398 g/mol. The van der Waals surface area contributed by atoms with Crippen LogP contribution in [0.15, 0.2) is 30.3 Å². The fraction of sp³-hybridized carbons (Fsp3) is 0.455. The third-order valence-electron chi connectivity index (χ3n) is 5.50. The maximum Gasteiger partial charge on any atom is 0.257 e. The Morgan fingerprint density at radius 1 is 1.14 bits per heavy atom. The molecule has 1 aromatic carbocycles. The van der Waals surface area contributed by atoms with Gasteiger partial charge in [0.05, 0.1) is 18.2 Å². The lowest BCUT2D eigenvalue weighted by atomic mass is 10.0. The molecule has 4 rings (SSSR count). The molecule has 2 fully saturated rings. The number of rotatable bonds is 4. The highest BCUT2D eigenvalue weighted by Crippen LogP contribution is 2.37. The van der Waals surface area contributed by atoms with Crippen LogP contribution in [-0.2, 0) is 9.53 Å². The van der Waals surface area contributed by atoms with Crippen LogP contribution in [-0.4, -0.2) is 35.9 Å². The van der Waals surface area contributed by atoms with Crippen molar-refractivity contribution in [2.45, 2.75) is 45.8 Å². The van der Waals surface area contributed by atoms with Gasteiger partial charge in [-0.3, -0.25) is 9.59 Å². The number of amides is 2. The molecule has 0 bridgehead atoms. The third-order valence-corrected chi connectivity index (χ3v) is 6.63. The van der Waals surface area contributed by atoms with Gasteiger partial charge in [-0.15, -0.1) is 11.3 Å². The van der Waals surface area contributed by atoms with Crippen LogP contribution < -0.4 is 5.32 Å². The van der Waals surface area contributed by atoms with Crippen LogP contribution in [0.4, 0.5) is 5.00 Å².